The Morgan fingerprint density at radius 2 is 2.12 bits per heavy atom. The maximum Gasteiger partial charge on any atom is 0.343 e. The molecule has 3 aromatic rings. The van der Waals surface area contributed by atoms with Crippen molar-refractivity contribution in [1.82, 2.24) is 19.7 Å². The lowest BCUT2D eigenvalue weighted by Crippen LogP contribution is -2.05. The van der Waals surface area contributed by atoms with Gasteiger partial charge in [-0.05, 0) is 34.8 Å². The van der Waals surface area contributed by atoms with Crippen LogP contribution < -0.4 is 0 Å². The third-order valence-electron chi connectivity index (χ3n) is 3.19. The van der Waals surface area contributed by atoms with Gasteiger partial charge in [0.25, 0.3) is 0 Å². The summed E-state index contributed by atoms with van der Waals surface area (Å²) in [5.41, 5.74) is 0.811. The number of aliphatic imine (C=N–C) groups is 1. The maximum absolute atomic E-state index is 11.0. The molecule has 24 heavy (non-hydrogen) atoms. The zero-order chi connectivity index (χ0) is 17.1. The molecule has 2 heterocycles. The average Bonchev–Trinajstić information content (AvgIpc) is 3.15. The zero-order valence-corrected chi connectivity index (χ0v) is 13.3. The molecule has 0 saturated heterocycles. The fourth-order valence-corrected chi connectivity index (χ4v) is 2.66. The fourth-order valence-electron chi connectivity index (χ4n) is 1.98. The van der Waals surface area contributed by atoms with Crippen molar-refractivity contribution in [3.8, 4) is 5.75 Å². The summed E-state index contributed by atoms with van der Waals surface area (Å²) in [6, 6.07) is 6.57. The first kappa shape index (κ1) is 15.7. The summed E-state index contributed by atoms with van der Waals surface area (Å²) in [7, 11) is 0. The summed E-state index contributed by atoms with van der Waals surface area (Å²) in [6.45, 7) is 1.91. The van der Waals surface area contributed by atoms with E-state index in [4.69, 9.17) is 0 Å². The van der Waals surface area contributed by atoms with E-state index in [2.05, 4.69) is 20.2 Å². The van der Waals surface area contributed by atoms with Crippen molar-refractivity contribution in [2.24, 2.45) is 4.99 Å². The smallest absolute Gasteiger partial charge is 0.343 e. The first-order valence-corrected chi connectivity index (χ1v) is 7.66. The third kappa shape index (κ3) is 3.43. The summed E-state index contributed by atoms with van der Waals surface area (Å²) in [5.74, 6) is 0.630. The highest BCUT2D eigenvalue weighted by atomic mass is 32.1. The lowest BCUT2D eigenvalue weighted by atomic mass is 10.2. The highest BCUT2D eigenvalue weighted by molar-refractivity contribution is 7.14. The molecular formula is C14H12N6O3S. The molecule has 0 fully saturated rings. The van der Waals surface area contributed by atoms with Crippen LogP contribution >= 0.6 is 11.3 Å². The Hall–Kier alpha value is -3.14. The van der Waals surface area contributed by atoms with Crippen molar-refractivity contribution >= 4 is 28.5 Å². The molecule has 122 valence electrons. The van der Waals surface area contributed by atoms with E-state index < -0.39 is 4.92 Å². The monoisotopic (exact) mass is 344 g/mol. The lowest BCUT2D eigenvalue weighted by Gasteiger charge is -1.99. The normalized spacial score (nSPS) is 11.2. The van der Waals surface area contributed by atoms with Crippen molar-refractivity contribution < 1.29 is 10.0 Å². The molecule has 0 amide bonds. The van der Waals surface area contributed by atoms with Gasteiger partial charge in [0.05, 0.1) is 0 Å². The summed E-state index contributed by atoms with van der Waals surface area (Å²) in [6.07, 6.45) is 2.83. The van der Waals surface area contributed by atoms with Gasteiger partial charge >= 0.3 is 5.82 Å². The predicted molar refractivity (Wildman–Crippen MR) is 88.0 cm³/mol. The van der Waals surface area contributed by atoms with Crippen molar-refractivity contribution in [3.63, 3.8) is 0 Å². The number of hydrogen-bond acceptors (Lipinski definition) is 8. The van der Waals surface area contributed by atoms with Gasteiger partial charge in [-0.15, -0.1) is 10.2 Å². The Labute approximate surface area is 140 Å². The topological polar surface area (TPSA) is 119 Å². The van der Waals surface area contributed by atoms with Crippen LogP contribution in [0.15, 0.2) is 35.5 Å². The minimum atomic E-state index is -0.481. The van der Waals surface area contributed by atoms with Crippen LogP contribution in [0, 0.1) is 17.0 Å². The quantitative estimate of drug-likeness (QED) is 0.431. The molecule has 1 aromatic carbocycles. The number of rotatable bonds is 5. The minimum absolute atomic E-state index is 0.0863. The van der Waals surface area contributed by atoms with Crippen LogP contribution in [0.4, 0.5) is 10.9 Å². The van der Waals surface area contributed by atoms with E-state index in [0.29, 0.717) is 16.0 Å². The van der Waals surface area contributed by atoms with Crippen LogP contribution in [0.3, 0.4) is 0 Å². The molecule has 2 aromatic heterocycles. The summed E-state index contributed by atoms with van der Waals surface area (Å²) in [4.78, 5) is 18.7. The molecule has 10 heteroatoms. The van der Waals surface area contributed by atoms with E-state index >= 15 is 0 Å². The van der Waals surface area contributed by atoms with Crippen LogP contribution in [-0.4, -0.2) is 36.0 Å². The molecule has 0 bridgehead atoms. The van der Waals surface area contributed by atoms with Crippen molar-refractivity contribution in [2.75, 3.05) is 0 Å². The van der Waals surface area contributed by atoms with Crippen molar-refractivity contribution in [2.45, 2.75) is 13.5 Å². The van der Waals surface area contributed by atoms with Crippen LogP contribution in [-0.2, 0) is 6.54 Å². The SMILES string of the molecule is Cc1ncc([N+](=O)[O-])n1Cc1nnc(N=Cc2ccc(O)cc2)s1. The Balaban J connectivity index is 1.75. The Morgan fingerprint density at radius 3 is 2.83 bits per heavy atom. The molecular weight excluding hydrogens is 332 g/mol. The van der Waals surface area contributed by atoms with Crippen molar-refractivity contribution in [3.05, 3.63) is 57.0 Å². The second-order valence-corrected chi connectivity index (χ2v) is 5.88. The molecule has 0 aliphatic heterocycles. The van der Waals surface area contributed by atoms with Gasteiger partial charge in [-0.2, -0.15) is 0 Å². The largest absolute Gasteiger partial charge is 0.508 e. The van der Waals surface area contributed by atoms with Gasteiger partial charge in [0, 0.05) is 13.1 Å². The Morgan fingerprint density at radius 1 is 1.38 bits per heavy atom. The maximum atomic E-state index is 11.0. The Bertz CT molecular complexity index is 900. The summed E-state index contributed by atoms with van der Waals surface area (Å²) in [5, 5.41) is 29.2. The van der Waals surface area contributed by atoms with E-state index in [1.807, 2.05) is 0 Å². The van der Waals surface area contributed by atoms with E-state index in [9.17, 15) is 15.2 Å². The molecule has 0 aliphatic carbocycles. The number of phenolic OH excluding ortho intramolecular Hbond substituents is 1. The number of aromatic hydroxyl groups is 1. The molecule has 9 nitrogen and oxygen atoms in total. The van der Waals surface area contributed by atoms with E-state index in [0.717, 1.165) is 5.56 Å². The van der Waals surface area contributed by atoms with Crippen LogP contribution in [0.1, 0.15) is 16.4 Å². The second-order valence-electron chi connectivity index (χ2n) is 4.83. The number of imidazole rings is 1. The standard InChI is InChI=1S/C14H12N6O3S/c1-9-15-7-13(20(22)23)19(9)8-12-17-18-14(24-12)16-6-10-2-4-11(21)5-3-10/h2-7,21H,8H2,1H3. The summed E-state index contributed by atoms with van der Waals surface area (Å²) >= 11 is 1.24. The van der Waals surface area contributed by atoms with Gasteiger partial charge in [0.15, 0.2) is 10.8 Å². The van der Waals surface area contributed by atoms with Gasteiger partial charge in [0.1, 0.15) is 18.5 Å². The average molecular weight is 344 g/mol. The summed E-state index contributed by atoms with van der Waals surface area (Å²) < 4.78 is 1.47. The molecule has 3 rings (SSSR count). The second kappa shape index (κ2) is 6.54. The number of aromatic nitrogens is 4. The van der Waals surface area contributed by atoms with Gasteiger partial charge in [-0.1, -0.05) is 11.3 Å². The van der Waals surface area contributed by atoms with Crippen molar-refractivity contribution in [1.29, 1.82) is 0 Å². The molecule has 0 unspecified atom stereocenters. The molecule has 0 radical (unpaired) electrons. The number of phenols is 1. The number of nitro groups is 1. The van der Waals surface area contributed by atoms with E-state index in [1.54, 1.807) is 37.4 Å². The van der Waals surface area contributed by atoms with E-state index in [-0.39, 0.29) is 18.1 Å². The molecule has 1 N–H and O–H groups in total. The zero-order valence-electron chi connectivity index (χ0n) is 12.5. The van der Waals surface area contributed by atoms with E-state index in [1.165, 1.54) is 22.1 Å². The highest BCUT2D eigenvalue weighted by Crippen LogP contribution is 2.22. The molecule has 0 aliphatic rings. The molecule has 0 saturated carbocycles. The third-order valence-corrected chi connectivity index (χ3v) is 4.00. The van der Waals surface area contributed by atoms with Gasteiger partial charge in [0.2, 0.25) is 5.13 Å². The lowest BCUT2D eigenvalue weighted by molar-refractivity contribution is -0.392. The molecule has 0 spiro atoms. The van der Waals surface area contributed by atoms with Crippen LogP contribution in [0.2, 0.25) is 0 Å². The number of aryl methyl sites for hydroxylation is 1. The number of benzene rings is 1. The first-order valence-electron chi connectivity index (χ1n) is 6.85. The Kier molecular flexibility index (Phi) is 4.29. The number of hydrogen-bond donors (Lipinski definition) is 1. The van der Waals surface area contributed by atoms with Gasteiger partial charge in [-0.25, -0.2) is 14.5 Å². The van der Waals surface area contributed by atoms with Gasteiger partial charge in [-0.3, -0.25) is 0 Å². The van der Waals surface area contributed by atoms with Crippen LogP contribution in [0.5, 0.6) is 5.75 Å². The molecule has 0 atom stereocenters. The predicted octanol–water partition coefficient (Wildman–Crippen LogP) is 2.46. The van der Waals surface area contributed by atoms with Crippen LogP contribution in [0.25, 0.3) is 0 Å². The number of nitrogens with zero attached hydrogens (tertiary/aromatic N) is 6. The van der Waals surface area contributed by atoms with Gasteiger partial charge < -0.3 is 15.2 Å². The minimum Gasteiger partial charge on any atom is -0.508 e. The fraction of sp³-hybridized carbons (Fsp3) is 0.143. The highest BCUT2D eigenvalue weighted by Gasteiger charge is 2.19. The first-order chi connectivity index (χ1) is 11.5.